The van der Waals surface area contributed by atoms with Crippen LogP contribution in [0.1, 0.15) is 38.2 Å². The number of likely N-dealkylation sites (tertiary alicyclic amines) is 1. The first-order valence-electron chi connectivity index (χ1n) is 7.89. The van der Waals surface area contributed by atoms with E-state index < -0.39 is 0 Å². The Balaban J connectivity index is 1.63. The van der Waals surface area contributed by atoms with Crippen LogP contribution < -0.4 is 4.90 Å². The van der Waals surface area contributed by atoms with Crippen molar-refractivity contribution in [3.8, 4) is 6.07 Å². The van der Waals surface area contributed by atoms with Gasteiger partial charge in [0.1, 0.15) is 6.07 Å². The van der Waals surface area contributed by atoms with Gasteiger partial charge in [0.2, 0.25) is 0 Å². The van der Waals surface area contributed by atoms with E-state index in [0.29, 0.717) is 10.6 Å². The lowest BCUT2D eigenvalue weighted by Gasteiger charge is -2.39. The second-order valence-corrected chi connectivity index (χ2v) is 6.63. The number of halogens is 1. The smallest absolute Gasteiger partial charge is 0.101 e. The van der Waals surface area contributed by atoms with Crippen LogP contribution in [0.3, 0.4) is 0 Å². The van der Waals surface area contributed by atoms with Crippen molar-refractivity contribution in [2.75, 3.05) is 24.5 Å². The van der Waals surface area contributed by atoms with Crippen molar-refractivity contribution in [2.24, 2.45) is 0 Å². The molecule has 0 spiro atoms. The molecule has 2 aliphatic rings. The zero-order valence-electron chi connectivity index (χ0n) is 12.6. The summed E-state index contributed by atoms with van der Waals surface area (Å²) in [5.74, 6) is 0. The Morgan fingerprint density at radius 3 is 2.52 bits per heavy atom. The number of piperidine rings is 1. The molecule has 21 heavy (non-hydrogen) atoms. The van der Waals surface area contributed by atoms with Crippen LogP contribution in [0.15, 0.2) is 18.2 Å². The van der Waals surface area contributed by atoms with E-state index in [2.05, 4.69) is 22.8 Å². The molecule has 1 atom stereocenters. The summed E-state index contributed by atoms with van der Waals surface area (Å²) in [5, 5.41) is 9.51. The normalized spacial score (nSPS) is 24.2. The summed E-state index contributed by atoms with van der Waals surface area (Å²) in [7, 11) is 0. The van der Waals surface area contributed by atoms with Gasteiger partial charge in [-0.25, -0.2) is 0 Å². The van der Waals surface area contributed by atoms with Crippen molar-refractivity contribution < 1.29 is 0 Å². The average molecular weight is 304 g/mol. The molecule has 3 nitrogen and oxygen atoms in total. The van der Waals surface area contributed by atoms with Crippen LogP contribution in [0.2, 0.25) is 5.02 Å². The number of rotatable bonds is 2. The quantitative estimate of drug-likeness (QED) is 0.835. The van der Waals surface area contributed by atoms with E-state index in [4.69, 9.17) is 16.9 Å². The minimum atomic E-state index is 0.557. The van der Waals surface area contributed by atoms with Crippen LogP contribution >= 0.6 is 11.6 Å². The Morgan fingerprint density at radius 1 is 1.19 bits per heavy atom. The van der Waals surface area contributed by atoms with Crippen molar-refractivity contribution in [3.63, 3.8) is 0 Å². The monoisotopic (exact) mass is 303 g/mol. The van der Waals surface area contributed by atoms with Gasteiger partial charge in [0.15, 0.2) is 0 Å². The lowest BCUT2D eigenvalue weighted by molar-refractivity contribution is 0.163. The summed E-state index contributed by atoms with van der Waals surface area (Å²) in [5.41, 5.74) is 1.70. The molecule has 1 unspecified atom stereocenters. The maximum absolute atomic E-state index is 8.95. The molecule has 2 fully saturated rings. The SMILES string of the molecule is CC1CCCN1C1CCN(c2ccc(C#N)c(Cl)c2)CC1. The third-order valence-electron chi connectivity index (χ3n) is 4.98. The minimum Gasteiger partial charge on any atom is -0.371 e. The molecular weight excluding hydrogens is 282 g/mol. The van der Waals surface area contributed by atoms with Gasteiger partial charge >= 0.3 is 0 Å². The molecule has 4 heteroatoms. The third kappa shape index (κ3) is 3.02. The van der Waals surface area contributed by atoms with E-state index in [-0.39, 0.29) is 0 Å². The lowest BCUT2D eigenvalue weighted by Crippen LogP contribution is -2.46. The minimum absolute atomic E-state index is 0.557. The number of benzene rings is 1. The molecule has 0 saturated carbocycles. The fourth-order valence-electron chi connectivity index (χ4n) is 3.75. The first-order chi connectivity index (χ1) is 10.2. The summed E-state index contributed by atoms with van der Waals surface area (Å²) < 4.78 is 0. The van der Waals surface area contributed by atoms with Gasteiger partial charge in [-0.3, -0.25) is 4.90 Å². The molecular formula is C17H22ClN3. The highest BCUT2D eigenvalue weighted by atomic mass is 35.5. The molecule has 1 aromatic carbocycles. The van der Waals surface area contributed by atoms with Crippen LogP contribution in [-0.2, 0) is 0 Å². The predicted octanol–water partition coefficient (Wildman–Crippen LogP) is 3.66. The zero-order valence-corrected chi connectivity index (χ0v) is 13.3. The molecule has 0 amide bonds. The molecule has 0 bridgehead atoms. The molecule has 2 aliphatic heterocycles. The standard InChI is InChI=1S/C17H22ClN3/c1-13-3-2-8-21(13)15-6-9-20(10-7-15)16-5-4-14(12-19)17(18)11-16/h4-5,11,13,15H,2-3,6-10H2,1H3. The Hall–Kier alpha value is -1.24. The first-order valence-corrected chi connectivity index (χ1v) is 8.27. The fraction of sp³-hybridized carbons (Fsp3) is 0.588. The Bertz CT molecular complexity index is 543. The summed E-state index contributed by atoms with van der Waals surface area (Å²) in [6.45, 7) is 5.79. The maximum atomic E-state index is 8.95. The summed E-state index contributed by atoms with van der Waals surface area (Å²) >= 11 is 6.14. The van der Waals surface area contributed by atoms with E-state index in [0.717, 1.165) is 30.9 Å². The topological polar surface area (TPSA) is 30.3 Å². The molecule has 0 aliphatic carbocycles. The van der Waals surface area contributed by atoms with Crippen LogP contribution in [0, 0.1) is 11.3 Å². The molecule has 0 N–H and O–H groups in total. The van der Waals surface area contributed by atoms with E-state index in [9.17, 15) is 0 Å². The number of hydrogen-bond acceptors (Lipinski definition) is 3. The van der Waals surface area contributed by atoms with Crippen molar-refractivity contribution in [3.05, 3.63) is 28.8 Å². The fourth-order valence-corrected chi connectivity index (χ4v) is 3.96. The summed E-state index contributed by atoms with van der Waals surface area (Å²) in [4.78, 5) is 5.09. The van der Waals surface area contributed by atoms with Crippen LogP contribution in [-0.4, -0.2) is 36.6 Å². The highest BCUT2D eigenvalue weighted by molar-refractivity contribution is 6.32. The molecule has 0 radical (unpaired) electrons. The number of hydrogen-bond donors (Lipinski definition) is 0. The van der Waals surface area contributed by atoms with Gasteiger partial charge in [0.25, 0.3) is 0 Å². The molecule has 2 heterocycles. The summed E-state index contributed by atoms with van der Waals surface area (Å²) in [6, 6.07) is 9.39. The van der Waals surface area contributed by atoms with Gasteiger partial charge in [0, 0.05) is 30.9 Å². The van der Waals surface area contributed by atoms with Crippen LogP contribution in [0.5, 0.6) is 0 Å². The molecule has 0 aromatic heterocycles. The van der Waals surface area contributed by atoms with E-state index >= 15 is 0 Å². The molecule has 3 rings (SSSR count). The largest absolute Gasteiger partial charge is 0.371 e. The Labute approximate surface area is 132 Å². The van der Waals surface area contributed by atoms with E-state index in [1.807, 2.05) is 18.2 Å². The van der Waals surface area contributed by atoms with Crippen molar-refractivity contribution in [1.29, 1.82) is 5.26 Å². The molecule has 112 valence electrons. The average Bonchev–Trinajstić information content (AvgIpc) is 2.93. The van der Waals surface area contributed by atoms with Crippen molar-refractivity contribution >= 4 is 17.3 Å². The number of anilines is 1. The number of nitriles is 1. The molecule has 1 aromatic rings. The van der Waals surface area contributed by atoms with Crippen molar-refractivity contribution in [2.45, 2.75) is 44.7 Å². The second kappa shape index (κ2) is 6.25. The molecule has 2 saturated heterocycles. The number of nitrogens with zero attached hydrogens (tertiary/aromatic N) is 3. The highest BCUT2D eigenvalue weighted by Gasteiger charge is 2.30. The zero-order chi connectivity index (χ0) is 14.8. The first kappa shape index (κ1) is 14.7. The third-order valence-corrected chi connectivity index (χ3v) is 5.29. The lowest BCUT2D eigenvalue weighted by atomic mass is 10.0. The van der Waals surface area contributed by atoms with Gasteiger partial charge < -0.3 is 4.90 Å². The second-order valence-electron chi connectivity index (χ2n) is 6.22. The van der Waals surface area contributed by atoms with Gasteiger partial charge in [-0.05, 0) is 57.4 Å². The van der Waals surface area contributed by atoms with E-state index in [1.54, 1.807) is 0 Å². The van der Waals surface area contributed by atoms with Gasteiger partial charge in [0.05, 0.1) is 10.6 Å². The predicted molar refractivity (Wildman–Crippen MR) is 86.8 cm³/mol. The Morgan fingerprint density at radius 2 is 1.95 bits per heavy atom. The van der Waals surface area contributed by atoms with Gasteiger partial charge in [-0.15, -0.1) is 0 Å². The van der Waals surface area contributed by atoms with Crippen molar-refractivity contribution in [1.82, 2.24) is 4.90 Å². The summed E-state index contributed by atoms with van der Waals surface area (Å²) in [6.07, 6.45) is 5.15. The van der Waals surface area contributed by atoms with Gasteiger partial charge in [-0.1, -0.05) is 11.6 Å². The highest BCUT2D eigenvalue weighted by Crippen LogP contribution is 2.29. The van der Waals surface area contributed by atoms with Crippen LogP contribution in [0.25, 0.3) is 0 Å². The maximum Gasteiger partial charge on any atom is 0.101 e. The Kier molecular flexibility index (Phi) is 4.37. The van der Waals surface area contributed by atoms with Gasteiger partial charge in [-0.2, -0.15) is 5.26 Å². The van der Waals surface area contributed by atoms with E-state index in [1.165, 1.54) is 32.2 Å². The van der Waals surface area contributed by atoms with Crippen LogP contribution in [0.4, 0.5) is 5.69 Å².